The van der Waals surface area contributed by atoms with Gasteiger partial charge in [0.05, 0.1) is 6.10 Å². The molecular weight excluding hydrogens is 338 g/mol. The van der Waals surface area contributed by atoms with E-state index in [1.54, 1.807) is 23.5 Å². The van der Waals surface area contributed by atoms with Crippen molar-refractivity contribution >= 4 is 17.2 Å². The molecule has 7 heteroatoms. The number of amides is 1. The van der Waals surface area contributed by atoms with Crippen LogP contribution in [-0.2, 0) is 17.8 Å². The second kappa shape index (κ2) is 8.42. The first-order valence-electron chi connectivity index (χ1n) is 8.43. The van der Waals surface area contributed by atoms with Crippen molar-refractivity contribution in [3.05, 3.63) is 56.1 Å². The molecule has 6 nitrogen and oxygen atoms in total. The lowest BCUT2D eigenvalue weighted by molar-refractivity contribution is 0.0856. The van der Waals surface area contributed by atoms with Crippen molar-refractivity contribution in [2.24, 2.45) is 0 Å². The molecule has 1 aliphatic heterocycles. The Morgan fingerprint density at radius 3 is 2.96 bits per heavy atom. The van der Waals surface area contributed by atoms with Gasteiger partial charge in [0.15, 0.2) is 0 Å². The average Bonchev–Trinajstić information content (AvgIpc) is 3.26. The zero-order chi connectivity index (χ0) is 17.6. The summed E-state index contributed by atoms with van der Waals surface area (Å²) in [5.74, 6) is -0.352. The van der Waals surface area contributed by atoms with Crippen molar-refractivity contribution in [3.63, 3.8) is 0 Å². The van der Waals surface area contributed by atoms with Crippen LogP contribution in [0.2, 0.25) is 0 Å². The normalized spacial score (nSPS) is 17.1. The Bertz CT molecular complexity index is 751. The summed E-state index contributed by atoms with van der Waals surface area (Å²) in [5, 5.41) is 6.94. The van der Waals surface area contributed by atoms with E-state index in [0.29, 0.717) is 13.1 Å². The molecule has 2 N–H and O–H groups in total. The number of nitrogens with one attached hydrogen (secondary N) is 2. The molecule has 2 aromatic rings. The minimum atomic E-state index is -0.355. The molecule has 0 saturated carbocycles. The summed E-state index contributed by atoms with van der Waals surface area (Å²) in [6.45, 7) is 2.62. The van der Waals surface area contributed by atoms with E-state index in [9.17, 15) is 9.59 Å². The van der Waals surface area contributed by atoms with Crippen LogP contribution in [0.25, 0.3) is 0 Å². The fraction of sp³-hybridized carbons (Fsp3) is 0.444. The molecule has 0 radical (unpaired) electrons. The Labute approximate surface area is 150 Å². The molecule has 1 unspecified atom stereocenters. The van der Waals surface area contributed by atoms with Gasteiger partial charge in [-0.25, -0.2) is 0 Å². The standard InChI is InChI=1S/C18H23N3O3S/c1-21(10-13-6-8-25-12-13)11-14-4-5-16(18(23)20-14)17(22)19-9-15-3-2-7-24-15/h4-6,8,12,15H,2-3,7,9-11H2,1H3,(H,19,22)(H,20,23). The van der Waals surface area contributed by atoms with Gasteiger partial charge in [-0.15, -0.1) is 0 Å². The summed E-state index contributed by atoms with van der Waals surface area (Å²) in [6.07, 6.45) is 2.04. The largest absolute Gasteiger partial charge is 0.376 e. The zero-order valence-corrected chi connectivity index (χ0v) is 15.1. The van der Waals surface area contributed by atoms with Crippen molar-refractivity contribution in [3.8, 4) is 0 Å². The topological polar surface area (TPSA) is 74.4 Å². The molecule has 2 aromatic heterocycles. The minimum Gasteiger partial charge on any atom is -0.376 e. The van der Waals surface area contributed by atoms with Crippen LogP contribution in [-0.4, -0.2) is 42.1 Å². The van der Waals surface area contributed by atoms with Crippen LogP contribution in [0, 0.1) is 0 Å². The third-order valence-corrected chi connectivity index (χ3v) is 4.93. The number of hydrogen-bond donors (Lipinski definition) is 2. The number of thiophene rings is 1. The Kier molecular flexibility index (Phi) is 6.01. The van der Waals surface area contributed by atoms with Gasteiger partial charge in [-0.2, -0.15) is 11.3 Å². The Balaban J connectivity index is 1.56. The Morgan fingerprint density at radius 2 is 2.28 bits per heavy atom. The van der Waals surface area contributed by atoms with Gasteiger partial charge in [0.2, 0.25) is 0 Å². The molecule has 1 aliphatic rings. The van der Waals surface area contributed by atoms with E-state index in [4.69, 9.17) is 4.74 Å². The maximum Gasteiger partial charge on any atom is 0.261 e. The van der Waals surface area contributed by atoms with Crippen LogP contribution in [0.3, 0.4) is 0 Å². The summed E-state index contributed by atoms with van der Waals surface area (Å²) in [4.78, 5) is 29.3. The van der Waals surface area contributed by atoms with E-state index in [1.807, 2.05) is 7.05 Å². The van der Waals surface area contributed by atoms with Gasteiger partial charge in [-0.1, -0.05) is 0 Å². The number of ether oxygens (including phenoxy) is 1. The highest BCUT2D eigenvalue weighted by Gasteiger charge is 2.18. The predicted octanol–water partition coefficient (Wildman–Crippen LogP) is 1.98. The lowest BCUT2D eigenvalue weighted by Gasteiger charge is -2.16. The first-order valence-corrected chi connectivity index (χ1v) is 9.38. The van der Waals surface area contributed by atoms with Crippen LogP contribution in [0.5, 0.6) is 0 Å². The van der Waals surface area contributed by atoms with E-state index in [-0.39, 0.29) is 23.1 Å². The highest BCUT2D eigenvalue weighted by Crippen LogP contribution is 2.11. The van der Waals surface area contributed by atoms with Crippen molar-refractivity contribution in [2.45, 2.75) is 32.0 Å². The van der Waals surface area contributed by atoms with Gasteiger partial charge >= 0.3 is 0 Å². The predicted molar refractivity (Wildman–Crippen MR) is 97.9 cm³/mol. The molecule has 0 aromatic carbocycles. The van der Waals surface area contributed by atoms with Gasteiger partial charge in [-0.05, 0) is 54.4 Å². The van der Waals surface area contributed by atoms with Crippen LogP contribution < -0.4 is 10.9 Å². The van der Waals surface area contributed by atoms with Gasteiger partial charge in [0, 0.05) is 31.9 Å². The number of carbonyl (C=O) groups excluding carboxylic acids is 1. The third-order valence-electron chi connectivity index (χ3n) is 4.20. The van der Waals surface area contributed by atoms with Crippen LogP contribution in [0.4, 0.5) is 0 Å². The van der Waals surface area contributed by atoms with Crippen molar-refractivity contribution in [1.82, 2.24) is 15.2 Å². The molecule has 0 bridgehead atoms. The number of aromatic amines is 1. The number of rotatable bonds is 7. The second-order valence-corrected chi connectivity index (χ2v) is 7.16. The van der Waals surface area contributed by atoms with E-state index in [2.05, 4.69) is 32.0 Å². The monoisotopic (exact) mass is 361 g/mol. The van der Waals surface area contributed by atoms with E-state index >= 15 is 0 Å². The number of nitrogens with zero attached hydrogens (tertiary/aromatic N) is 1. The molecule has 0 spiro atoms. The molecule has 134 valence electrons. The molecular formula is C18H23N3O3S. The van der Waals surface area contributed by atoms with E-state index < -0.39 is 0 Å². The molecule has 0 aliphatic carbocycles. The molecule has 3 rings (SSSR count). The summed E-state index contributed by atoms with van der Waals surface area (Å²) in [5.41, 5.74) is 1.83. The molecule has 3 heterocycles. The second-order valence-electron chi connectivity index (χ2n) is 6.38. The fourth-order valence-electron chi connectivity index (χ4n) is 2.93. The summed E-state index contributed by atoms with van der Waals surface area (Å²) in [7, 11) is 2.00. The quantitative estimate of drug-likeness (QED) is 0.791. The highest BCUT2D eigenvalue weighted by atomic mass is 32.1. The number of hydrogen-bond acceptors (Lipinski definition) is 5. The zero-order valence-electron chi connectivity index (χ0n) is 14.3. The maximum atomic E-state index is 12.2. The lowest BCUT2D eigenvalue weighted by Crippen LogP contribution is -2.35. The maximum absolute atomic E-state index is 12.2. The molecule has 1 saturated heterocycles. The van der Waals surface area contributed by atoms with Crippen molar-refractivity contribution < 1.29 is 9.53 Å². The number of pyridine rings is 1. The smallest absolute Gasteiger partial charge is 0.261 e. The van der Waals surface area contributed by atoms with E-state index in [0.717, 1.165) is 31.7 Å². The van der Waals surface area contributed by atoms with Crippen LogP contribution in [0.1, 0.15) is 34.5 Å². The van der Waals surface area contributed by atoms with E-state index in [1.165, 1.54) is 5.56 Å². The fourth-order valence-corrected chi connectivity index (χ4v) is 3.59. The number of H-pyrrole nitrogens is 1. The summed E-state index contributed by atoms with van der Waals surface area (Å²) < 4.78 is 5.47. The first-order chi connectivity index (χ1) is 12.1. The SMILES string of the molecule is CN(Cc1ccsc1)Cc1ccc(C(=O)NCC2CCCO2)c(=O)[nH]1. The summed E-state index contributed by atoms with van der Waals surface area (Å²) >= 11 is 1.67. The van der Waals surface area contributed by atoms with Crippen molar-refractivity contribution in [2.75, 3.05) is 20.2 Å². The highest BCUT2D eigenvalue weighted by molar-refractivity contribution is 7.07. The lowest BCUT2D eigenvalue weighted by atomic mass is 10.2. The average molecular weight is 361 g/mol. The van der Waals surface area contributed by atoms with Crippen LogP contribution in [0.15, 0.2) is 33.8 Å². The van der Waals surface area contributed by atoms with Gasteiger partial charge in [0.25, 0.3) is 11.5 Å². The molecule has 25 heavy (non-hydrogen) atoms. The summed E-state index contributed by atoms with van der Waals surface area (Å²) in [6, 6.07) is 5.48. The van der Waals surface area contributed by atoms with Gasteiger partial charge in [-0.3, -0.25) is 14.5 Å². The molecule has 1 atom stereocenters. The first kappa shape index (κ1) is 17.8. The van der Waals surface area contributed by atoms with Crippen LogP contribution >= 0.6 is 11.3 Å². The molecule has 1 amide bonds. The van der Waals surface area contributed by atoms with Gasteiger partial charge in [0.1, 0.15) is 5.56 Å². The minimum absolute atomic E-state index is 0.0630. The number of aromatic nitrogens is 1. The van der Waals surface area contributed by atoms with Gasteiger partial charge < -0.3 is 15.0 Å². The molecule has 1 fully saturated rings. The van der Waals surface area contributed by atoms with Crippen molar-refractivity contribution in [1.29, 1.82) is 0 Å². The number of carbonyl (C=O) groups is 1. The third kappa shape index (κ3) is 5.01. The Morgan fingerprint density at radius 1 is 1.40 bits per heavy atom. The Hall–Kier alpha value is -1.96.